The Bertz CT molecular complexity index is 646. The highest BCUT2D eigenvalue weighted by molar-refractivity contribution is 5.83. The molecule has 0 saturated carbocycles. The van der Waals surface area contributed by atoms with Crippen molar-refractivity contribution in [3.8, 4) is 0 Å². The van der Waals surface area contributed by atoms with Crippen LogP contribution in [0.3, 0.4) is 0 Å². The average molecular weight is 313 g/mol. The molecule has 1 aliphatic heterocycles. The molecule has 0 bridgehead atoms. The van der Waals surface area contributed by atoms with E-state index in [4.69, 9.17) is 5.73 Å². The van der Waals surface area contributed by atoms with Crippen LogP contribution in [0.1, 0.15) is 43.1 Å². The number of likely N-dealkylation sites (tertiary alicyclic amines) is 1. The minimum absolute atomic E-state index is 0.00612. The first kappa shape index (κ1) is 15.7. The maximum atomic E-state index is 12.6. The number of carbonyl (C=O) groups is 1. The summed E-state index contributed by atoms with van der Waals surface area (Å²) in [4.78, 5) is 14.5. The van der Waals surface area contributed by atoms with Gasteiger partial charge in [-0.05, 0) is 25.3 Å². The monoisotopic (exact) mass is 313 g/mol. The molecule has 1 atom stereocenters. The Hall–Kier alpha value is -2.21. The van der Waals surface area contributed by atoms with E-state index in [1.54, 1.807) is 6.33 Å². The fourth-order valence-electron chi connectivity index (χ4n) is 3.18. The van der Waals surface area contributed by atoms with Crippen LogP contribution in [-0.4, -0.2) is 38.7 Å². The van der Waals surface area contributed by atoms with Crippen LogP contribution in [0.4, 0.5) is 0 Å². The molecule has 0 spiro atoms. The van der Waals surface area contributed by atoms with E-state index >= 15 is 0 Å². The van der Waals surface area contributed by atoms with Gasteiger partial charge in [-0.2, -0.15) is 0 Å². The number of carbonyl (C=O) groups excluding carboxylic acids is 1. The highest BCUT2D eigenvalue weighted by atomic mass is 16.2. The van der Waals surface area contributed by atoms with Gasteiger partial charge in [0.1, 0.15) is 18.2 Å². The molecule has 1 aromatic carbocycles. The molecular weight excluding hydrogens is 290 g/mol. The number of benzene rings is 1. The summed E-state index contributed by atoms with van der Waals surface area (Å²) < 4.78 is 2.08. The number of nitrogens with zero attached hydrogens (tertiary/aromatic N) is 4. The van der Waals surface area contributed by atoms with Crippen molar-refractivity contribution in [1.29, 1.82) is 0 Å². The van der Waals surface area contributed by atoms with Crippen LogP contribution in [0.5, 0.6) is 0 Å². The third-order valence-electron chi connectivity index (χ3n) is 4.58. The van der Waals surface area contributed by atoms with Crippen LogP contribution >= 0.6 is 0 Å². The van der Waals surface area contributed by atoms with Crippen LogP contribution in [0.25, 0.3) is 0 Å². The van der Waals surface area contributed by atoms with Crippen molar-refractivity contribution < 1.29 is 4.79 Å². The van der Waals surface area contributed by atoms with Crippen molar-refractivity contribution >= 4 is 5.91 Å². The summed E-state index contributed by atoms with van der Waals surface area (Å²) in [5, 5.41) is 8.25. The summed E-state index contributed by atoms with van der Waals surface area (Å²) in [6.45, 7) is 4.41. The van der Waals surface area contributed by atoms with Gasteiger partial charge in [0.05, 0.1) is 0 Å². The molecule has 1 aliphatic rings. The molecule has 1 amide bonds. The van der Waals surface area contributed by atoms with Crippen molar-refractivity contribution in [3.63, 3.8) is 0 Å². The van der Waals surface area contributed by atoms with Gasteiger partial charge in [-0.15, -0.1) is 10.2 Å². The molecule has 0 radical (unpaired) electrons. The number of hydrogen-bond donors (Lipinski definition) is 1. The number of amides is 1. The zero-order valence-electron chi connectivity index (χ0n) is 13.4. The van der Waals surface area contributed by atoms with Gasteiger partial charge < -0.3 is 15.2 Å². The van der Waals surface area contributed by atoms with E-state index in [-0.39, 0.29) is 5.91 Å². The van der Waals surface area contributed by atoms with Crippen molar-refractivity contribution in [2.45, 2.75) is 38.3 Å². The molecule has 2 heterocycles. The third kappa shape index (κ3) is 3.27. The molecule has 2 N–H and O–H groups in total. The number of rotatable bonds is 4. The molecule has 0 aliphatic carbocycles. The molecule has 2 aromatic rings. The van der Waals surface area contributed by atoms with Gasteiger partial charge in [0.25, 0.3) is 0 Å². The smallest absolute Gasteiger partial charge is 0.244 e. The summed E-state index contributed by atoms with van der Waals surface area (Å²) in [5.41, 5.74) is 6.99. The zero-order chi connectivity index (χ0) is 16.2. The second-order valence-electron chi connectivity index (χ2n) is 5.96. The zero-order valence-corrected chi connectivity index (χ0v) is 13.4. The quantitative estimate of drug-likeness (QED) is 0.932. The minimum atomic E-state index is -0.577. The van der Waals surface area contributed by atoms with Crippen LogP contribution in [0.15, 0.2) is 36.7 Å². The summed E-state index contributed by atoms with van der Waals surface area (Å²) in [7, 11) is 0. The van der Waals surface area contributed by atoms with Gasteiger partial charge in [-0.25, -0.2) is 0 Å². The third-order valence-corrected chi connectivity index (χ3v) is 4.58. The van der Waals surface area contributed by atoms with Gasteiger partial charge >= 0.3 is 0 Å². The SMILES string of the molecule is CCn1cnnc1C1CCN(C(=O)[C@H](N)c2ccccc2)CC1. The number of nitrogens with two attached hydrogens (primary N) is 1. The molecule has 3 rings (SSSR count). The molecule has 1 fully saturated rings. The van der Waals surface area contributed by atoms with E-state index < -0.39 is 6.04 Å². The number of hydrogen-bond acceptors (Lipinski definition) is 4. The summed E-state index contributed by atoms with van der Waals surface area (Å²) in [6, 6.07) is 8.97. The van der Waals surface area contributed by atoms with Crippen molar-refractivity contribution in [2.24, 2.45) is 5.73 Å². The van der Waals surface area contributed by atoms with Crippen LogP contribution < -0.4 is 5.73 Å². The summed E-state index contributed by atoms with van der Waals surface area (Å²) in [6.07, 6.45) is 3.59. The normalized spacial score (nSPS) is 17.2. The van der Waals surface area contributed by atoms with E-state index in [1.807, 2.05) is 35.2 Å². The molecule has 23 heavy (non-hydrogen) atoms. The molecule has 1 aromatic heterocycles. The Morgan fingerprint density at radius 3 is 2.65 bits per heavy atom. The maximum absolute atomic E-state index is 12.6. The van der Waals surface area contributed by atoms with Gasteiger partial charge in [0.15, 0.2) is 0 Å². The Morgan fingerprint density at radius 2 is 2.00 bits per heavy atom. The van der Waals surface area contributed by atoms with Crippen LogP contribution in [0.2, 0.25) is 0 Å². The van der Waals surface area contributed by atoms with Gasteiger partial charge in [0, 0.05) is 25.6 Å². The number of aromatic nitrogens is 3. The fourth-order valence-corrected chi connectivity index (χ4v) is 3.18. The van der Waals surface area contributed by atoms with Gasteiger partial charge in [0.2, 0.25) is 5.91 Å². The first-order valence-corrected chi connectivity index (χ1v) is 8.17. The van der Waals surface area contributed by atoms with E-state index in [0.29, 0.717) is 5.92 Å². The Morgan fingerprint density at radius 1 is 1.30 bits per heavy atom. The van der Waals surface area contributed by atoms with Crippen molar-refractivity contribution in [2.75, 3.05) is 13.1 Å². The molecule has 122 valence electrons. The largest absolute Gasteiger partial charge is 0.341 e. The highest BCUT2D eigenvalue weighted by Crippen LogP contribution is 2.27. The topological polar surface area (TPSA) is 77.0 Å². The molecule has 6 heteroatoms. The summed E-state index contributed by atoms with van der Waals surface area (Å²) in [5.74, 6) is 1.41. The van der Waals surface area contributed by atoms with Crippen molar-refractivity contribution in [1.82, 2.24) is 19.7 Å². The molecular formula is C17H23N5O. The molecule has 6 nitrogen and oxygen atoms in total. The second-order valence-corrected chi connectivity index (χ2v) is 5.96. The second kappa shape index (κ2) is 6.91. The van der Waals surface area contributed by atoms with Gasteiger partial charge in [-0.1, -0.05) is 30.3 Å². The van der Waals surface area contributed by atoms with E-state index in [1.165, 1.54) is 0 Å². The summed E-state index contributed by atoms with van der Waals surface area (Å²) >= 11 is 0. The maximum Gasteiger partial charge on any atom is 0.244 e. The predicted molar refractivity (Wildman–Crippen MR) is 87.6 cm³/mol. The number of piperidine rings is 1. The van der Waals surface area contributed by atoms with Gasteiger partial charge in [-0.3, -0.25) is 4.79 Å². The Labute approximate surface area is 136 Å². The van der Waals surface area contributed by atoms with E-state index in [0.717, 1.165) is 43.9 Å². The van der Waals surface area contributed by atoms with Crippen molar-refractivity contribution in [3.05, 3.63) is 48.0 Å². The predicted octanol–water partition coefficient (Wildman–Crippen LogP) is 1.70. The van der Waals surface area contributed by atoms with Crippen LogP contribution in [-0.2, 0) is 11.3 Å². The number of aryl methyl sites for hydroxylation is 1. The average Bonchev–Trinajstić information content (AvgIpc) is 3.10. The lowest BCUT2D eigenvalue weighted by Gasteiger charge is -2.33. The highest BCUT2D eigenvalue weighted by Gasteiger charge is 2.29. The fraction of sp³-hybridized carbons (Fsp3) is 0.471. The first-order chi connectivity index (χ1) is 11.2. The minimum Gasteiger partial charge on any atom is -0.341 e. The standard InChI is InChI=1S/C17H23N5O/c1-2-21-12-19-20-16(21)14-8-10-22(11-9-14)17(23)15(18)13-6-4-3-5-7-13/h3-7,12,14-15H,2,8-11,18H2,1H3/t15-/m1/s1. The lowest BCUT2D eigenvalue weighted by Crippen LogP contribution is -2.43. The van der Waals surface area contributed by atoms with E-state index in [2.05, 4.69) is 21.7 Å². The Balaban J connectivity index is 1.61. The Kier molecular flexibility index (Phi) is 4.71. The molecule has 1 saturated heterocycles. The first-order valence-electron chi connectivity index (χ1n) is 8.17. The lowest BCUT2D eigenvalue weighted by atomic mass is 9.95. The van der Waals surface area contributed by atoms with Crippen LogP contribution in [0, 0.1) is 0 Å². The lowest BCUT2D eigenvalue weighted by molar-refractivity contribution is -0.133. The van der Waals surface area contributed by atoms with E-state index in [9.17, 15) is 4.79 Å². The molecule has 0 unspecified atom stereocenters.